The summed E-state index contributed by atoms with van der Waals surface area (Å²) < 4.78 is 16.8. The fraction of sp³-hybridized carbons (Fsp3) is 0.300. The normalized spacial score (nSPS) is 14.6. The van der Waals surface area contributed by atoms with Crippen LogP contribution in [0.4, 0.5) is 10.1 Å². The number of Topliss-reactive ketones (excluding diaryl/α,β-unsaturated/α-hetero) is 1. The molecule has 0 spiro atoms. The highest BCUT2D eigenvalue weighted by atomic mass is 19.1. The Morgan fingerprint density at radius 2 is 1.74 bits per heavy atom. The van der Waals surface area contributed by atoms with Gasteiger partial charge in [-0.15, -0.1) is 5.10 Å². The van der Waals surface area contributed by atoms with Crippen LogP contribution >= 0.6 is 0 Å². The van der Waals surface area contributed by atoms with Crippen LogP contribution in [0.15, 0.2) is 72.8 Å². The van der Waals surface area contributed by atoms with E-state index in [0.717, 1.165) is 32.1 Å². The number of nitrogens with one attached hydrogen (secondary N) is 1. The third-order valence-corrected chi connectivity index (χ3v) is 7.16. The lowest BCUT2D eigenvalue weighted by atomic mass is 9.94. The Morgan fingerprint density at radius 3 is 2.51 bits per heavy atom. The Hall–Kier alpha value is -4.40. The van der Waals surface area contributed by atoms with E-state index in [1.807, 2.05) is 12.1 Å². The van der Waals surface area contributed by atoms with E-state index in [1.165, 1.54) is 28.6 Å². The lowest BCUT2D eigenvalue weighted by Crippen LogP contribution is -2.48. The Balaban J connectivity index is 1.60. The summed E-state index contributed by atoms with van der Waals surface area (Å²) in [6.45, 7) is 1.18. The standard InChI is InChI=1S/C30H30FN5O3/c1-20(37)21-10-9-13-23(18-21)36(28(38)19-35-27-17-8-7-16-26(27)33-34-35)29(24-14-5-6-15-25(24)31)30(39)32-22-11-3-2-4-12-22/h5-10,13-18,22,29H,2-4,11-12,19H2,1H3,(H,32,39)/t29-/m1/s1. The summed E-state index contributed by atoms with van der Waals surface area (Å²) in [6, 6.07) is 18.3. The van der Waals surface area contributed by atoms with Gasteiger partial charge in [-0.3, -0.25) is 19.3 Å². The molecule has 2 amide bonds. The lowest BCUT2D eigenvalue weighted by molar-refractivity contribution is -0.127. The molecule has 200 valence electrons. The van der Waals surface area contributed by atoms with E-state index in [-0.39, 0.29) is 23.9 Å². The van der Waals surface area contributed by atoms with Crippen molar-refractivity contribution < 1.29 is 18.8 Å². The van der Waals surface area contributed by atoms with E-state index in [2.05, 4.69) is 15.6 Å². The fourth-order valence-corrected chi connectivity index (χ4v) is 5.17. The van der Waals surface area contributed by atoms with Gasteiger partial charge in [0.15, 0.2) is 5.78 Å². The van der Waals surface area contributed by atoms with Gasteiger partial charge in [-0.05, 0) is 50.1 Å². The number of hydrogen-bond donors (Lipinski definition) is 1. The molecule has 0 unspecified atom stereocenters. The van der Waals surface area contributed by atoms with Crippen LogP contribution in [0.25, 0.3) is 11.0 Å². The van der Waals surface area contributed by atoms with Crippen molar-refractivity contribution in [2.24, 2.45) is 0 Å². The molecule has 1 N–H and O–H groups in total. The molecule has 5 rings (SSSR count). The van der Waals surface area contributed by atoms with Crippen LogP contribution in [0.2, 0.25) is 0 Å². The highest BCUT2D eigenvalue weighted by molar-refractivity contribution is 6.03. The van der Waals surface area contributed by atoms with E-state index in [0.29, 0.717) is 22.3 Å². The molecular weight excluding hydrogens is 497 g/mol. The van der Waals surface area contributed by atoms with E-state index in [4.69, 9.17) is 0 Å². The third kappa shape index (κ3) is 5.72. The number of para-hydroxylation sites is 1. The number of ketones is 1. The maximum absolute atomic E-state index is 15.3. The van der Waals surface area contributed by atoms with Crippen molar-refractivity contribution in [2.75, 3.05) is 4.90 Å². The number of fused-ring (bicyclic) bond motifs is 1. The van der Waals surface area contributed by atoms with E-state index < -0.39 is 23.7 Å². The zero-order valence-electron chi connectivity index (χ0n) is 21.7. The number of carbonyl (C=O) groups is 3. The van der Waals surface area contributed by atoms with Gasteiger partial charge in [-0.1, -0.05) is 66.9 Å². The number of rotatable bonds is 8. The van der Waals surface area contributed by atoms with Gasteiger partial charge >= 0.3 is 0 Å². The van der Waals surface area contributed by atoms with Gasteiger partial charge in [0.2, 0.25) is 11.8 Å². The Morgan fingerprint density at radius 1 is 1.00 bits per heavy atom. The van der Waals surface area contributed by atoms with Gasteiger partial charge < -0.3 is 5.32 Å². The Kier molecular flexibility index (Phi) is 7.76. The van der Waals surface area contributed by atoms with Gasteiger partial charge in [0, 0.05) is 22.9 Å². The first kappa shape index (κ1) is 26.2. The SMILES string of the molecule is CC(=O)c1cccc(N(C(=O)Cn2nnc3ccccc32)[C@@H](C(=O)NC2CCCCC2)c2ccccc2F)c1. The molecule has 1 fully saturated rings. The van der Waals surface area contributed by atoms with Gasteiger partial charge in [0.05, 0.1) is 5.52 Å². The largest absolute Gasteiger partial charge is 0.351 e. The molecule has 0 saturated heterocycles. The number of hydrogen-bond acceptors (Lipinski definition) is 5. The van der Waals surface area contributed by atoms with Crippen LogP contribution in [0.3, 0.4) is 0 Å². The predicted molar refractivity (Wildman–Crippen MR) is 146 cm³/mol. The second kappa shape index (κ2) is 11.6. The molecule has 0 bridgehead atoms. The lowest BCUT2D eigenvalue weighted by Gasteiger charge is -2.33. The zero-order valence-corrected chi connectivity index (χ0v) is 21.7. The highest BCUT2D eigenvalue weighted by Crippen LogP contribution is 2.32. The number of nitrogens with zero attached hydrogens (tertiary/aromatic N) is 4. The summed E-state index contributed by atoms with van der Waals surface area (Å²) in [6.07, 6.45) is 4.76. The number of carbonyl (C=O) groups excluding carboxylic acids is 3. The molecule has 1 aliphatic rings. The van der Waals surface area contributed by atoms with Crippen molar-refractivity contribution in [1.29, 1.82) is 0 Å². The second-order valence-electron chi connectivity index (χ2n) is 9.87. The third-order valence-electron chi connectivity index (χ3n) is 7.16. The number of anilines is 1. The molecule has 39 heavy (non-hydrogen) atoms. The van der Waals surface area contributed by atoms with Crippen molar-refractivity contribution >= 4 is 34.3 Å². The number of amides is 2. The summed E-state index contributed by atoms with van der Waals surface area (Å²) >= 11 is 0. The monoisotopic (exact) mass is 527 g/mol. The van der Waals surface area contributed by atoms with Gasteiger partial charge in [0.1, 0.15) is 23.9 Å². The number of halogens is 1. The van der Waals surface area contributed by atoms with Crippen LogP contribution in [0.5, 0.6) is 0 Å². The first-order valence-electron chi connectivity index (χ1n) is 13.2. The van der Waals surface area contributed by atoms with Crippen molar-refractivity contribution in [2.45, 2.75) is 57.7 Å². The maximum Gasteiger partial charge on any atom is 0.249 e. The average molecular weight is 528 g/mol. The smallest absolute Gasteiger partial charge is 0.249 e. The quantitative estimate of drug-likeness (QED) is 0.326. The molecule has 3 aromatic carbocycles. The van der Waals surface area contributed by atoms with Gasteiger partial charge in [-0.2, -0.15) is 0 Å². The predicted octanol–water partition coefficient (Wildman–Crippen LogP) is 5.00. The first-order chi connectivity index (χ1) is 18.9. The van der Waals surface area contributed by atoms with E-state index in [1.54, 1.807) is 48.5 Å². The molecule has 0 radical (unpaired) electrons. The molecule has 8 nitrogen and oxygen atoms in total. The van der Waals surface area contributed by atoms with Crippen molar-refractivity contribution in [3.8, 4) is 0 Å². The van der Waals surface area contributed by atoms with Crippen LogP contribution < -0.4 is 10.2 Å². The molecule has 1 atom stereocenters. The molecular formula is C30H30FN5O3. The summed E-state index contributed by atoms with van der Waals surface area (Å²) in [5.74, 6) is -1.77. The topological polar surface area (TPSA) is 97.2 Å². The molecule has 9 heteroatoms. The molecule has 1 aromatic heterocycles. The Bertz CT molecular complexity index is 1510. The van der Waals surface area contributed by atoms with Crippen LogP contribution in [0.1, 0.15) is 61.0 Å². The maximum atomic E-state index is 15.3. The Labute approximate surface area is 225 Å². The zero-order chi connectivity index (χ0) is 27.4. The second-order valence-corrected chi connectivity index (χ2v) is 9.87. The molecule has 1 saturated carbocycles. The van der Waals surface area contributed by atoms with Gasteiger partial charge in [0.25, 0.3) is 0 Å². The molecule has 1 heterocycles. The van der Waals surface area contributed by atoms with Crippen LogP contribution in [-0.4, -0.2) is 38.6 Å². The van der Waals surface area contributed by atoms with Crippen LogP contribution in [0, 0.1) is 5.82 Å². The molecule has 4 aromatic rings. The first-order valence-corrected chi connectivity index (χ1v) is 13.2. The van der Waals surface area contributed by atoms with E-state index >= 15 is 4.39 Å². The fourth-order valence-electron chi connectivity index (χ4n) is 5.17. The average Bonchev–Trinajstić information content (AvgIpc) is 3.35. The highest BCUT2D eigenvalue weighted by Gasteiger charge is 2.36. The minimum Gasteiger partial charge on any atom is -0.351 e. The van der Waals surface area contributed by atoms with Crippen molar-refractivity contribution in [3.63, 3.8) is 0 Å². The summed E-state index contributed by atoms with van der Waals surface area (Å²) in [5.41, 5.74) is 2.02. The summed E-state index contributed by atoms with van der Waals surface area (Å²) in [7, 11) is 0. The van der Waals surface area contributed by atoms with E-state index in [9.17, 15) is 14.4 Å². The molecule has 1 aliphatic carbocycles. The van der Waals surface area contributed by atoms with Crippen molar-refractivity contribution in [1.82, 2.24) is 20.3 Å². The minimum absolute atomic E-state index is 0.0553. The minimum atomic E-state index is -1.31. The van der Waals surface area contributed by atoms with Crippen molar-refractivity contribution in [3.05, 3.63) is 89.7 Å². The summed E-state index contributed by atoms with van der Waals surface area (Å²) in [4.78, 5) is 41.5. The van der Waals surface area contributed by atoms with Crippen LogP contribution in [-0.2, 0) is 16.1 Å². The number of aromatic nitrogens is 3. The molecule has 0 aliphatic heterocycles. The number of benzene rings is 3. The summed E-state index contributed by atoms with van der Waals surface area (Å²) in [5, 5.41) is 11.3. The van der Waals surface area contributed by atoms with Gasteiger partial charge in [-0.25, -0.2) is 9.07 Å².